The average molecular weight is 242 g/mol. The molecular weight excluding hydrogens is 228 g/mol. The third kappa shape index (κ3) is 4.39. The summed E-state index contributed by atoms with van der Waals surface area (Å²) >= 11 is 1.55. The van der Waals surface area contributed by atoms with E-state index in [1.807, 2.05) is 12.3 Å². The standard InChI is InChI=1S/C10H14N2O3S/c1-7-12-9(5-16-7)4-8(11-6-13)2-3-10(14)15/h5-6,8H,2-4H2,1H3,(H,11,13)(H,14,15). The van der Waals surface area contributed by atoms with Gasteiger partial charge in [0.1, 0.15) is 0 Å². The lowest BCUT2D eigenvalue weighted by Crippen LogP contribution is -2.30. The molecule has 1 unspecified atom stereocenters. The number of carboxylic acid groups (broad SMARTS) is 1. The Kier molecular flexibility index (Phi) is 4.91. The number of aryl methyl sites for hydroxylation is 1. The number of aromatic nitrogens is 1. The second kappa shape index (κ2) is 6.22. The third-order valence-corrected chi connectivity index (χ3v) is 2.95. The Labute approximate surface area is 97.5 Å². The fourth-order valence-electron chi connectivity index (χ4n) is 1.39. The number of carbonyl (C=O) groups is 2. The van der Waals surface area contributed by atoms with Gasteiger partial charge in [0.15, 0.2) is 0 Å². The molecule has 0 radical (unpaired) electrons. The Balaban J connectivity index is 2.49. The highest BCUT2D eigenvalue weighted by atomic mass is 32.1. The van der Waals surface area contributed by atoms with Gasteiger partial charge in [0, 0.05) is 24.3 Å². The van der Waals surface area contributed by atoms with Gasteiger partial charge < -0.3 is 10.4 Å². The fourth-order valence-corrected chi connectivity index (χ4v) is 2.02. The van der Waals surface area contributed by atoms with Crippen molar-refractivity contribution in [2.75, 3.05) is 0 Å². The van der Waals surface area contributed by atoms with E-state index in [2.05, 4.69) is 10.3 Å². The highest BCUT2D eigenvalue weighted by Crippen LogP contribution is 2.11. The van der Waals surface area contributed by atoms with Crippen LogP contribution in [0.15, 0.2) is 5.38 Å². The predicted molar refractivity (Wildman–Crippen MR) is 60.4 cm³/mol. The molecule has 0 fully saturated rings. The highest BCUT2D eigenvalue weighted by Gasteiger charge is 2.12. The monoisotopic (exact) mass is 242 g/mol. The second-order valence-corrected chi connectivity index (χ2v) is 4.54. The molecule has 0 bridgehead atoms. The number of carbonyl (C=O) groups excluding carboxylic acids is 1. The highest BCUT2D eigenvalue weighted by molar-refractivity contribution is 7.09. The molecule has 0 aliphatic rings. The molecule has 2 N–H and O–H groups in total. The first-order valence-electron chi connectivity index (χ1n) is 4.94. The Morgan fingerprint density at radius 3 is 3.00 bits per heavy atom. The van der Waals surface area contributed by atoms with Crippen molar-refractivity contribution >= 4 is 23.7 Å². The number of hydrogen-bond donors (Lipinski definition) is 2. The number of amides is 1. The van der Waals surface area contributed by atoms with Gasteiger partial charge in [0.05, 0.1) is 10.7 Å². The molecule has 1 rings (SSSR count). The number of hydrogen-bond acceptors (Lipinski definition) is 4. The summed E-state index contributed by atoms with van der Waals surface area (Å²) in [4.78, 5) is 25.1. The normalized spacial score (nSPS) is 12.1. The molecule has 0 aliphatic heterocycles. The van der Waals surface area contributed by atoms with Crippen LogP contribution in [-0.4, -0.2) is 28.5 Å². The molecule has 5 nitrogen and oxygen atoms in total. The summed E-state index contributed by atoms with van der Waals surface area (Å²) in [7, 11) is 0. The zero-order chi connectivity index (χ0) is 12.0. The summed E-state index contributed by atoms with van der Waals surface area (Å²) in [6.45, 7) is 1.91. The molecule has 6 heteroatoms. The van der Waals surface area contributed by atoms with E-state index in [0.29, 0.717) is 19.3 Å². The van der Waals surface area contributed by atoms with Crippen LogP contribution in [0, 0.1) is 6.92 Å². The number of nitrogens with one attached hydrogen (secondary N) is 1. The maximum absolute atomic E-state index is 10.4. The van der Waals surface area contributed by atoms with Crippen molar-refractivity contribution in [2.45, 2.75) is 32.2 Å². The number of nitrogens with zero attached hydrogens (tertiary/aromatic N) is 1. The molecular formula is C10H14N2O3S. The molecule has 1 amide bonds. The Hall–Kier alpha value is -1.43. The molecule has 1 atom stereocenters. The number of aliphatic carboxylic acids is 1. The quantitative estimate of drug-likeness (QED) is 0.698. The van der Waals surface area contributed by atoms with Gasteiger partial charge in [0.25, 0.3) is 0 Å². The minimum absolute atomic E-state index is 0.0502. The SMILES string of the molecule is Cc1nc(CC(CCC(=O)O)NC=O)cs1. The first-order chi connectivity index (χ1) is 7.61. The predicted octanol–water partition coefficient (Wildman–Crippen LogP) is 0.973. The van der Waals surface area contributed by atoms with Crippen LogP contribution >= 0.6 is 11.3 Å². The van der Waals surface area contributed by atoms with Crippen LogP contribution in [0.1, 0.15) is 23.5 Å². The van der Waals surface area contributed by atoms with Crippen molar-refractivity contribution in [2.24, 2.45) is 0 Å². The van der Waals surface area contributed by atoms with Crippen LogP contribution in [0.2, 0.25) is 0 Å². The smallest absolute Gasteiger partial charge is 0.303 e. The van der Waals surface area contributed by atoms with E-state index in [9.17, 15) is 9.59 Å². The molecule has 0 aromatic carbocycles. The summed E-state index contributed by atoms with van der Waals surface area (Å²) in [5, 5.41) is 14.1. The van der Waals surface area contributed by atoms with E-state index in [1.165, 1.54) is 0 Å². The molecule has 0 saturated heterocycles. The van der Waals surface area contributed by atoms with E-state index < -0.39 is 5.97 Å². The minimum Gasteiger partial charge on any atom is -0.481 e. The summed E-state index contributed by atoms with van der Waals surface area (Å²) in [6.07, 6.45) is 1.65. The van der Waals surface area contributed by atoms with E-state index in [4.69, 9.17) is 5.11 Å². The van der Waals surface area contributed by atoms with Crippen LogP contribution in [0.25, 0.3) is 0 Å². The second-order valence-electron chi connectivity index (χ2n) is 3.48. The van der Waals surface area contributed by atoms with E-state index >= 15 is 0 Å². The van der Waals surface area contributed by atoms with Gasteiger partial charge >= 0.3 is 5.97 Å². The Morgan fingerprint density at radius 1 is 1.75 bits per heavy atom. The van der Waals surface area contributed by atoms with Crippen molar-refractivity contribution in [3.05, 3.63) is 16.1 Å². The molecule has 0 saturated carbocycles. The largest absolute Gasteiger partial charge is 0.481 e. The Morgan fingerprint density at radius 2 is 2.50 bits per heavy atom. The maximum Gasteiger partial charge on any atom is 0.303 e. The molecule has 16 heavy (non-hydrogen) atoms. The summed E-state index contributed by atoms with van der Waals surface area (Å²) in [5.41, 5.74) is 0.896. The maximum atomic E-state index is 10.4. The van der Waals surface area contributed by atoms with Crippen molar-refractivity contribution < 1.29 is 14.7 Å². The molecule has 0 spiro atoms. The number of carboxylic acids is 1. The average Bonchev–Trinajstić information content (AvgIpc) is 2.61. The summed E-state index contributed by atoms with van der Waals surface area (Å²) in [5.74, 6) is -0.854. The third-order valence-electron chi connectivity index (χ3n) is 2.13. The number of rotatable bonds is 7. The summed E-state index contributed by atoms with van der Waals surface area (Å²) < 4.78 is 0. The van der Waals surface area contributed by atoms with Gasteiger partial charge in [0.2, 0.25) is 6.41 Å². The van der Waals surface area contributed by atoms with Crippen molar-refractivity contribution in [1.82, 2.24) is 10.3 Å². The van der Waals surface area contributed by atoms with Gasteiger partial charge in [-0.25, -0.2) is 4.98 Å². The van der Waals surface area contributed by atoms with Crippen LogP contribution in [0.4, 0.5) is 0 Å². The summed E-state index contributed by atoms with van der Waals surface area (Å²) in [6, 6.07) is -0.157. The van der Waals surface area contributed by atoms with Crippen molar-refractivity contribution in [1.29, 1.82) is 0 Å². The molecule has 1 aromatic rings. The zero-order valence-corrected chi connectivity index (χ0v) is 9.79. The van der Waals surface area contributed by atoms with Gasteiger partial charge in [-0.15, -0.1) is 11.3 Å². The molecule has 1 aromatic heterocycles. The minimum atomic E-state index is -0.854. The molecule has 88 valence electrons. The van der Waals surface area contributed by atoms with E-state index in [0.717, 1.165) is 10.7 Å². The molecule has 0 aliphatic carbocycles. The van der Waals surface area contributed by atoms with Crippen molar-refractivity contribution in [3.63, 3.8) is 0 Å². The first kappa shape index (κ1) is 12.6. The van der Waals surface area contributed by atoms with Crippen LogP contribution in [0.5, 0.6) is 0 Å². The lowest BCUT2D eigenvalue weighted by atomic mass is 10.1. The zero-order valence-electron chi connectivity index (χ0n) is 8.97. The van der Waals surface area contributed by atoms with Gasteiger partial charge in [-0.2, -0.15) is 0 Å². The van der Waals surface area contributed by atoms with Crippen LogP contribution in [0.3, 0.4) is 0 Å². The van der Waals surface area contributed by atoms with Crippen LogP contribution < -0.4 is 5.32 Å². The lowest BCUT2D eigenvalue weighted by molar-refractivity contribution is -0.137. The Bertz CT molecular complexity index is 365. The topological polar surface area (TPSA) is 79.3 Å². The fraction of sp³-hybridized carbons (Fsp3) is 0.500. The van der Waals surface area contributed by atoms with Gasteiger partial charge in [-0.3, -0.25) is 9.59 Å². The number of thiazole rings is 1. The first-order valence-corrected chi connectivity index (χ1v) is 5.82. The lowest BCUT2D eigenvalue weighted by Gasteiger charge is -2.13. The van der Waals surface area contributed by atoms with E-state index in [1.54, 1.807) is 11.3 Å². The van der Waals surface area contributed by atoms with Gasteiger partial charge in [-0.05, 0) is 13.3 Å². The van der Waals surface area contributed by atoms with E-state index in [-0.39, 0.29) is 12.5 Å². The van der Waals surface area contributed by atoms with Crippen LogP contribution in [-0.2, 0) is 16.0 Å². The van der Waals surface area contributed by atoms with Gasteiger partial charge in [-0.1, -0.05) is 0 Å². The van der Waals surface area contributed by atoms with Crippen molar-refractivity contribution in [3.8, 4) is 0 Å². The molecule has 1 heterocycles.